The number of hydrogen-bond donors (Lipinski definition) is 1. The Balaban J connectivity index is 2.14. The quantitative estimate of drug-likeness (QED) is 0.863. The van der Waals surface area contributed by atoms with E-state index in [-0.39, 0.29) is 11.4 Å². The van der Waals surface area contributed by atoms with E-state index in [9.17, 15) is 4.39 Å². The summed E-state index contributed by atoms with van der Waals surface area (Å²) < 4.78 is 13.7. The summed E-state index contributed by atoms with van der Waals surface area (Å²) in [6.07, 6.45) is 3.74. The Kier molecular flexibility index (Phi) is 4.66. The fourth-order valence-corrected chi connectivity index (χ4v) is 3.02. The number of halogens is 1. The van der Waals surface area contributed by atoms with Gasteiger partial charge in [-0.2, -0.15) is 0 Å². The zero-order valence-electron chi connectivity index (χ0n) is 13.0. The molecule has 2 rings (SSSR count). The van der Waals surface area contributed by atoms with Crippen LogP contribution in [0.2, 0.25) is 0 Å². The molecule has 0 amide bonds. The monoisotopic (exact) mass is 279 g/mol. The molecule has 0 saturated heterocycles. The van der Waals surface area contributed by atoms with Gasteiger partial charge in [0.05, 0.1) is 0 Å². The molecule has 0 atom stereocenters. The Morgan fingerprint density at radius 2 is 1.90 bits per heavy atom. The van der Waals surface area contributed by atoms with Gasteiger partial charge in [0.25, 0.3) is 0 Å². The molecule has 0 aromatic heterocycles. The Morgan fingerprint density at radius 3 is 2.40 bits per heavy atom. The highest BCUT2D eigenvalue weighted by Crippen LogP contribution is 2.37. The molecule has 1 N–H and O–H groups in total. The van der Waals surface area contributed by atoms with Gasteiger partial charge in [-0.3, -0.25) is 0 Å². The molecule has 0 radical (unpaired) electrons. The summed E-state index contributed by atoms with van der Waals surface area (Å²) in [5.74, 6) is -0.160. The lowest BCUT2D eigenvalue weighted by molar-refractivity contribution is 0.0683. The predicted molar refractivity (Wildman–Crippen MR) is 82.7 cm³/mol. The lowest BCUT2D eigenvalue weighted by Gasteiger charge is -2.49. The number of likely N-dealkylation sites (N-methyl/N-ethyl adjacent to an activating group) is 2. The molecule has 0 aliphatic heterocycles. The summed E-state index contributed by atoms with van der Waals surface area (Å²) in [7, 11) is 8.22. The van der Waals surface area contributed by atoms with Crippen LogP contribution in [0.5, 0.6) is 0 Å². The van der Waals surface area contributed by atoms with Gasteiger partial charge < -0.3 is 15.1 Å². The molecule has 0 heterocycles. The van der Waals surface area contributed by atoms with Crippen LogP contribution < -0.4 is 10.2 Å². The van der Waals surface area contributed by atoms with Crippen molar-refractivity contribution in [3.8, 4) is 0 Å². The second kappa shape index (κ2) is 6.10. The maximum absolute atomic E-state index is 13.7. The molecule has 0 unspecified atom stereocenters. The van der Waals surface area contributed by atoms with E-state index in [0.29, 0.717) is 6.54 Å². The molecule has 1 aromatic carbocycles. The highest BCUT2D eigenvalue weighted by molar-refractivity contribution is 5.49. The van der Waals surface area contributed by atoms with Gasteiger partial charge in [0.2, 0.25) is 0 Å². The van der Waals surface area contributed by atoms with Gasteiger partial charge in [-0.25, -0.2) is 4.39 Å². The molecular formula is C16H26FN3. The second-order valence-electron chi connectivity index (χ2n) is 6.18. The smallest absolute Gasteiger partial charge is 0.125 e. The average Bonchev–Trinajstić information content (AvgIpc) is 2.32. The first-order chi connectivity index (χ1) is 9.47. The molecule has 1 saturated carbocycles. The first-order valence-electron chi connectivity index (χ1n) is 7.29. The number of benzene rings is 1. The SMILES string of the molecule is CNCc1cc(F)cc(N(C)CC2(N(C)C)CCC2)c1. The van der Waals surface area contributed by atoms with Gasteiger partial charge in [-0.05, 0) is 64.2 Å². The van der Waals surface area contributed by atoms with Crippen molar-refractivity contribution in [3.63, 3.8) is 0 Å². The van der Waals surface area contributed by atoms with Crippen molar-refractivity contribution < 1.29 is 4.39 Å². The van der Waals surface area contributed by atoms with E-state index in [1.165, 1.54) is 19.3 Å². The summed E-state index contributed by atoms with van der Waals surface area (Å²) >= 11 is 0. The molecular weight excluding hydrogens is 253 g/mol. The van der Waals surface area contributed by atoms with Crippen molar-refractivity contribution in [2.45, 2.75) is 31.3 Å². The van der Waals surface area contributed by atoms with E-state index in [1.807, 2.05) is 7.05 Å². The third-order valence-corrected chi connectivity index (χ3v) is 4.53. The average molecular weight is 279 g/mol. The number of anilines is 1. The van der Waals surface area contributed by atoms with E-state index in [1.54, 1.807) is 12.1 Å². The number of hydrogen-bond acceptors (Lipinski definition) is 3. The van der Waals surface area contributed by atoms with E-state index >= 15 is 0 Å². The molecule has 1 aromatic rings. The van der Waals surface area contributed by atoms with E-state index in [4.69, 9.17) is 0 Å². The van der Waals surface area contributed by atoms with Crippen molar-refractivity contribution in [1.82, 2.24) is 10.2 Å². The van der Waals surface area contributed by atoms with Crippen molar-refractivity contribution in [2.75, 3.05) is 39.6 Å². The van der Waals surface area contributed by atoms with Gasteiger partial charge in [0.1, 0.15) is 5.82 Å². The van der Waals surface area contributed by atoms with Gasteiger partial charge in [0, 0.05) is 31.4 Å². The summed E-state index contributed by atoms with van der Waals surface area (Å²) in [4.78, 5) is 4.50. The lowest BCUT2D eigenvalue weighted by atomic mass is 9.75. The maximum Gasteiger partial charge on any atom is 0.125 e. The van der Waals surface area contributed by atoms with E-state index in [2.05, 4.69) is 42.3 Å². The first-order valence-corrected chi connectivity index (χ1v) is 7.29. The molecule has 4 heteroatoms. The Hall–Kier alpha value is -1.13. The fourth-order valence-electron chi connectivity index (χ4n) is 3.02. The van der Waals surface area contributed by atoms with Gasteiger partial charge in [-0.1, -0.05) is 0 Å². The molecule has 1 fully saturated rings. The Morgan fingerprint density at radius 1 is 1.20 bits per heavy atom. The number of rotatable bonds is 6. The number of nitrogens with one attached hydrogen (secondary N) is 1. The van der Waals surface area contributed by atoms with E-state index < -0.39 is 0 Å². The summed E-state index contributed by atoms with van der Waals surface area (Å²) in [5, 5.41) is 3.07. The highest BCUT2D eigenvalue weighted by Gasteiger charge is 2.39. The van der Waals surface area contributed by atoms with Gasteiger partial charge in [0.15, 0.2) is 0 Å². The van der Waals surface area contributed by atoms with Crippen molar-refractivity contribution in [3.05, 3.63) is 29.6 Å². The molecule has 0 bridgehead atoms. The minimum atomic E-state index is -0.160. The van der Waals surface area contributed by atoms with Crippen LogP contribution in [0.3, 0.4) is 0 Å². The largest absolute Gasteiger partial charge is 0.373 e. The zero-order valence-corrected chi connectivity index (χ0v) is 13.0. The second-order valence-corrected chi connectivity index (χ2v) is 6.18. The standard InChI is InChI=1S/C16H26FN3/c1-18-11-13-8-14(17)10-15(9-13)20(4)12-16(19(2)3)6-5-7-16/h8-10,18H,5-7,11-12H2,1-4H3. The molecule has 1 aliphatic rings. The van der Waals surface area contributed by atoms with Crippen molar-refractivity contribution in [1.29, 1.82) is 0 Å². The van der Waals surface area contributed by atoms with Crippen LogP contribution in [0.25, 0.3) is 0 Å². The molecule has 112 valence electrons. The topological polar surface area (TPSA) is 18.5 Å². The zero-order chi connectivity index (χ0) is 14.8. The molecule has 0 spiro atoms. The third kappa shape index (κ3) is 3.13. The van der Waals surface area contributed by atoms with Crippen LogP contribution in [-0.4, -0.2) is 45.2 Å². The van der Waals surface area contributed by atoms with Crippen molar-refractivity contribution >= 4 is 5.69 Å². The van der Waals surface area contributed by atoms with Crippen LogP contribution in [0.4, 0.5) is 10.1 Å². The van der Waals surface area contributed by atoms with Crippen LogP contribution in [-0.2, 0) is 6.54 Å². The first kappa shape index (κ1) is 15.3. The van der Waals surface area contributed by atoms with Crippen LogP contribution in [0.15, 0.2) is 18.2 Å². The molecule has 20 heavy (non-hydrogen) atoms. The van der Waals surface area contributed by atoms with E-state index in [0.717, 1.165) is 17.8 Å². The Bertz CT molecular complexity index is 455. The maximum atomic E-state index is 13.7. The molecule has 1 aliphatic carbocycles. The van der Waals surface area contributed by atoms with Crippen molar-refractivity contribution in [2.24, 2.45) is 0 Å². The lowest BCUT2D eigenvalue weighted by Crippen LogP contribution is -2.56. The number of nitrogens with zero attached hydrogens (tertiary/aromatic N) is 2. The molecule has 3 nitrogen and oxygen atoms in total. The minimum absolute atomic E-state index is 0.160. The Labute approximate surface area is 121 Å². The normalized spacial score (nSPS) is 17.1. The van der Waals surface area contributed by atoms with Gasteiger partial charge in [-0.15, -0.1) is 0 Å². The third-order valence-electron chi connectivity index (χ3n) is 4.53. The highest BCUT2D eigenvalue weighted by atomic mass is 19.1. The van der Waals surface area contributed by atoms with Crippen LogP contribution in [0.1, 0.15) is 24.8 Å². The van der Waals surface area contributed by atoms with Crippen LogP contribution >= 0.6 is 0 Å². The predicted octanol–water partition coefficient (Wildman–Crippen LogP) is 2.47. The minimum Gasteiger partial charge on any atom is -0.373 e. The summed E-state index contributed by atoms with van der Waals surface area (Å²) in [6.45, 7) is 1.64. The summed E-state index contributed by atoms with van der Waals surface area (Å²) in [6, 6.07) is 5.29. The fraction of sp³-hybridized carbons (Fsp3) is 0.625. The van der Waals surface area contributed by atoms with Gasteiger partial charge >= 0.3 is 0 Å². The summed E-state index contributed by atoms with van der Waals surface area (Å²) in [5.41, 5.74) is 2.20. The van der Waals surface area contributed by atoms with Crippen LogP contribution in [0, 0.1) is 5.82 Å².